The largest absolute Gasteiger partial charge is 0.480 e. The lowest BCUT2D eigenvalue weighted by Gasteiger charge is -2.22. The average molecular weight is 242 g/mol. The fourth-order valence-corrected chi connectivity index (χ4v) is 2.21. The maximum Gasteiger partial charge on any atom is 0.326 e. The molecular formula is C12H22N2O3. The van der Waals surface area contributed by atoms with Crippen molar-refractivity contribution in [3.63, 3.8) is 0 Å². The van der Waals surface area contributed by atoms with Crippen LogP contribution in [0.5, 0.6) is 0 Å². The van der Waals surface area contributed by atoms with Crippen molar-refractivity contribution in [2.75, 3.05) is 0 Å². The zero-order chi connectivity index (χ0) is 13.0. The van der Waals surface area contributed by atoms with E-state index in [1.165, 1.54) is 0 Å². The Balaban J connectivity index is 2.55. The molecule has 98 valence electrons. The predicted molar refractivity (Wildman–Crippen MR) is 64.3 cm³/mol. The van der Waals surface area contributed by atoms with E-state index in [-0.39, 0.29) is 23.8 Å². The summed E-state index contributed by atoms with van der Waals surface area (Å²) in [5, 5.41) is 11.7. The molecule has 5 heteroatoms. The van der Waals surface area contributed by atoms with Crippen molar-refractivity contribution >= 4 is 11.9 Å². The topological polar surface area (TPSA) is 92.4 Å². The van der Waals surface area contributed by atoms with E-state index < -0.39 is 12.0 Å². The Morgan fingerprint density at radius 1 is 1.47 bits per heavy atom. The third-order valence-electron chi connectivity index (χ3n) is 3.62. The Morgan fingerprint density at radius 3 is 2.53 bits per heavy atom. The van der Waals surface area contributed by atoms with E-state index in [2.05, 4.69) is 5.32 Å². The summed E-state index contributed by atoms with van der Waals surface area (Å²) in [6.07, 6.45) is 3.00. The lowest BCUT2D eigenvalue weighted by Crippen LogP contribution is -2.47. The number of carbonyl (C=O) groups is 2. The van der Waals surface area contributed by atoms with E-state index >= 15 is 0 Å². The van der Waals surface area contributed by atoms with Crippen molar-refractivity contribution in [2.45, 2.75) is 51.6 Å². The highest BCUT2D eigenvalue weighted by Gasteiger charge is 2.32. The van der Waals surface area contributed by atoms with Crippen LogP contribution in [-0.2, 0) is 9.59 Å². The molecule has 1 aliphatic rings. The number of carboxylic acid groups (broad SMARTS) is 1. The number of carboxylic acids is 1. The van der Waals surface area contributed by atoms with Gasteiger partial charge in [0.25, 0.3) is 0 Å². The van der Waals surface area contributed by atoms with E-state index in [1.54, 1.807) is 0 Å². The van der Waals surface area contributed by atoms with Gasteiger partial charge in [0, 0.05) is 12.0 Å². The van der Waals surface area contributed by atoms with Crippen LogP contribution >= 0.6 is 0 Å². The SMILES string of the molecule is CC[C@H](C)[C@H](NC(=O)C1CCC(N)C1)C(=O)O. The molecule has 0 aromatic heterocycles. The molecule has 1 saturated carbocycles. The van der Waals surface area contributed by atoms with E-state index in [4.69, 9.17) is 10.8 Å². The molecule has 0 aromatic rings. The highest BCUT2D eigenvalue weighted by Crippen LogP contribution is 2.24. The number of aliphatic carboxylic acids is 1. The molecule has 0 aliphatic heterocycles. The van der Waals surface area contributed by atoms with Gasteiger partial charge in [-0.15, -0.1) is 0 Å². The molecule has 0 aromatic carbocycles. The summed E-state index contributed by atoms with van der Waals surface area (Å²) in [6, 6.07) is -0.707. The highest BCUT2D eigenvalue weighted by molar-refractivity contribution is 5.85. The molecule has 0 spiro atoms. The van der Waals surface area contributed by atoms with Crippen LogP contribution in [0.3, 0.4) is 0 Å². The molecule has 1 rings (SSSR count). The second-order valence-electron chi connectivity index (χ2n) is 4.98. The molecular weight excluding hydrogens is 220 g/mol. The van der Waals surface area contributed by atoms with E-state index in [0.717, 1.165) is 19.3 Å². The summed E-state index contributed by atoms with van der Waals surface area (Å²) < 4.78 is 0. The summed E-state index contributed by atoms with van der Waals surface area (Å²) in [6.45, 7) is 3.75. The minimum Gasteiger partial charge on any atom is -0.480 e. The van der Waals surface area contributed by atoms with Gasteiger partial charge in [-0.1, -0.05) is 20.3 Å². The zero-order valence-electron chi connectivity index (χ0n) is 10.5. The molecule has 0 heterocycles. The Hall–Kier alpha value is -1.10. The van der Waals surface area contributed by atoms with Gasteiger partial charge in [0.2, 0.25) is 5.91 Å². The van der Waals surface area contributed by atoms with Crippen molar-refractivity contribution in [3.8, 4) is 0 Å². The van der Waals surface area contributed by atoms with Crippen LogP contribution in [0.1, 0.15) is 39.5 Å². The Labute approximate surface area is 102 Å². The van der Waals surface area contributed by atoms with Crippen LogP contribution < -0.4 is 11.1 Å². The maximum atomic E-state index is 11.9. The van der Waals surface area contributed by atoms with Gasteiger partial charge in [-0.05, 0) is 25.2 Å². The zero-order valence-corrected chi connectivity index (χ0v) is 10.5. The summed E-state index contributed by atoms with van der Waals surface area (Å²) >= 11 is 0. The minimum atomic E-state index is -0.963. The summed E-state index contributed by atoms with van der Waals surface area (Å²) in [5.74, 6) is -1.30. The third kappa shape index (κ3) is 3.70. The lowest BCUT2D eigenvalue weighted by atomic mass is 9.98. The van der Waals surface area contributed by atoms with E-state index in [9.17, 15) is 9.59 Å². The van der Waals surface area contributed by atoms with Gasteiger partial charge >= 0.3 is 5.97 Å². The minimum absolute atomic E-state index is 0.0634. The number of hydrogen-bond donors (Lipinski definition) is 3. The van der Waals surface area contributed by atoms with Crippen molar-refractivity contribution < 1.29 is 14.7 Å². The third-order valence-corrected chi connectivity index (χ3v) is 3.62. The maximum absolute atomic E-state index is 11.9. The summed E-state index contributed by atoms with van der Waals surface area (Å²) in [5.41, 5.74) is 5.74. The molecule has 1 amide bonds. The molecule has 0 radical (unpaired) electrons. The first-order valence-corrected chi connectivity index (χ1v) is 6.24. The van der Waals surface area contributed by atoms with Crippen LogP contribution in [0.25, 0.3) is 0 Å². The fraction of sp³-hybridized carbons (Fsp3) is 0.833. The smallest absolute Gasteiger partial charge is 0.326 e. The Morgan fingerprint density at radius 2 is 2.12 bits per heavy atom. The molecule has 0 saturated heterocycles. The van der Waals surface area contributed by atoms with Crippen LogP contribution in [-0.4, -0.2) is 29.1 Å². The molecule has 0 bridgehead atoms. The van der Waals surface area contributed by atoms with Gasteiger partial charge in [0.05, 0.1) is 0 Å². The fourth-order valence-electron chi connectivity index (χ4n) is 2.21. The molecule has 17 heavy (non-hydrogen) atoms. The molecule has 1 aliphatic carbocycles. The van der Waals surface area contributed by atoms with Gasteiger partial charge < -0.3 is 16.2 Å². The Kier molecular flexibility index (Phi) is 4.93. The van der Waals surface area contributed by atoms with Crippen molar-refractivity contribution in [1.82, 2.24) is 5.32 Å². The standard InChI is InChI=1S/C12H22N2O3/c1-3-7(2)10(12(16)17)14-11(15)8-4-5-9(13)6-8/h7-10H,3-6,13H2,1-2H3,(H,14,15)(H,16,17)/t7-,8?,9?,10-/m0/s1. The van der Waals surface area contributed by atoms with E-state index in [1.807, 2.05) is 13.8 Å². The first-order valence-electron chi connectivity index (χ1n) is 6.24. The highest BCUT2D eigenvalue weighted by atomic mass is 16.4. The van der Waals surface area contributed by atoms with Gasteiger partial charge in [-0.25, -0.2) is 4.79 Å². The number of carbonyl (C=O) groups excluding carboxylic acids is 1. The second kappa shape index (κ2) is 6.00. The van der Waals surface area contributed by atoms with Crippen LogP contribution in [0.4, 0.5) is 0 Å². The van der Waals surface area contributed by atoms with Gasteiger partial charge in [0.15, 0.2) is 0 Å². The molecule has 4 atom stereocenters. The first-order chi connectivity index (χ1) is 7.95. The molecule has 5 nitrogen and oxygen atoms in total. The van der Waals surface area contributed by atoms with Crippen LogP contribution in [0, 0.1) is 11.8 Å². The predicted octanol–water partition coefficient (Wildman–Crippen LogP) is 0.729. The van der Waals surface area contributed by atoms with Crippen LogP contribution in [0.2, 0.25) is 0 Å². The van der Waals surface area contributed by atoms with E-state index in [0.29, 0.717) is 6.42 Å². The average Bonchev–Trinajstić information content (AvgIpc) is 2.71. The van der Waals surface area contributed by atoms with Gasteiger partial charge in [0.1, 0.15) is 6.04 Å². The lowest BCUT2D eigenvalue weighted by molar-refractivity contribution is -0.144. The number of nitrogens with one attached hydrogen (secondary N) is 1. The van der Waals surface area contributed by atoms with Gasteiger partial charge in [-0.2, -0.15) is 0 Å². The molecule has 4 N–H and O–H groups in total. The normalized spacial score (nSPS) is 27.5. The first kappa shape index (κ1) is 14.0. The van der Waals surface area contributed by atoms with Crippen molar-refractivity contribution in [2.24, 2.45) is 17.6 Å². The van der Waals surface area contributed by atoms with Crippen molar-refractivity contribution in [3.05, 3.63) is 0 Å². The monoisotopic (exact) mass is 242 g/mol. The van der Waals surface area contributed by atoms with Gasteiger partial charge in [-0.3, -0.25) is 4.79 Å². The van der Waals surface area contributed by atoms with Crippen LogP contribution in [0.15, 0.2) is 0 Å². The van der Waals surface area contributed by atoms with Crippen molar-refractivity contribution in [1.29, 1.82) is 0 Å². The summed E-state index contributed by atoms with van der Waals surface area (Å²) in [4.78, 5) is 23.0. The number of amides is 1. The second-order valence-corrected chi connectivity index (χ2v) is 4.98. The Bertz CT molecular complexity index is 293. The quantitative estimate of drug-likeness (QED) is 0.662. The molecule has 2 unspecified atom stereocenters. The number of hydrogen-bond acceptors (Lipinski definition) is 3. The summed E-state index contributed by atoms with van der Waals surface area (Å²) in [7, 11) is 0. The number of rotatable bonds is 5. The number of nitrogens with two attached hydrogens (primary N) is 1. The molecule has 1 fully saturated rings.